The van der Waals surface area contributed by atoms with Crippen LogP contribution in [0.25, 0.3) is 0 Å². The summed E-state index contributed by atoms with van der Waals surface area (Å²) in [4.78, 5) is 27.9. The summed E-state index contributed by atoms with van der Waals surface area (Å²) >= 11 is 0. The molecule has 0 atom stereocenters. The number of halogens is 7. The van der Waals surface area contributed by atoms with Crippen LogP contribution in [-0.4, -0.2) is 30.2 Å². The van der Waals surface area contributed by atoms with E-state index in [4.69, 9.17) is 14.6 Å². The molecular weight excluding hydrogens is 519 g/mol. The van der Waals surface area contributed by atoms with E-state index in [1.165, 1.54) is 0 Å². The van der Waals surface area contributed by atoms with Gasteiger partial charge in [0.05, 0.1) is 22.3 Å². The second-order valence-electron chi connectivity index (χ2n) is 6.93. The van der Waals surface area contributed by atoms with Crippen LogP contribution in [0.15, 0.2) is 48.7 Å². The zero-order chi connectivity index (χ0) is 30.0. The molecule has 0 fully saturated rings. The number of benzene rings is 2. The number of carbonyl (C=O) groups is 2. The first-order valence-electron chi connectivity index (χ1n) is 11.1. The average molecular weight is 536 g/mol. The van der Waals surface area contributed by atoms with Crippen LogP contribution in [0.3, 0.4) is 0 Å². The lowest BCUT2D eigenvalue weighted by Gasteiger charge is -2.17. The summed E-state index contributed by atoms with van der Waals surface area (Å²) < 4.78 is 128. The summed E-state index contributed by atoms with van der Waals surface area (Å²) in [5, 5.41) is 2.17. The molecule has 196 valence electrons. The topological polar surface area (TPSA) is 113 Å². The fourth-order valence-electron chi connectivity index (χ4n) is 2.84. The van der Waals surface area contributed by atoms with Gasteiger partial charge in [0, 0.05) is 18.0 Å². The molecule has 15 heteroatoms. The average Bonchev–Trinajstić information content (AvgIpc) is 2.78. The first-order chi connectivity index (χ1) is 18.3. The number of hydrogen-bond acceptors (Lipinski definition) is 6. The van der Waals surface area contributed by atoms with Crippen molar-refractivity contribution in [2.75, 3.05) is 12.4 Å². The summed E-state index contributed by atoms with van der Waals surface area (Å²) in [5.74, 6) is -7.87. The van der Waals surface area contributed by atoms with Crippen molar-refractivity contribution in [2.24, 2.45) is 5.73 Å². The zero-order valence-corrected chi connectivity index (χ0v) is 17.8. The van der Waals surface area contributed by atoms with Crippen LogP contribution in [0.5, 0.6) is 23.0 Å². The Balaban J connectivity index is 2.11. The minimum absolute atomic E-state index is 0.0743. The molecule has 0 radical (unpaired) electrons. The van der Waals surface area contributed by atoms with Crippen molar-refractivity contribution in [3.8, 4) is 23.0 Å². The number of nitrogens with two attached hydrogens (primary N) is 1. The molecule has 0 unspecified atom stereocenters. The van der Waals surface area contributed by atoms with Gasteiger partial charge >= 0.3 is 12.5 Å². The highest BCUT2D eigenvalue weighted by Gasteiger charge is 2.36. The zero-order valence-electron chi connectivity index (χ0n) is 20.8. The highest BCUT2D eigenvalue weighted by atomic mass is 19.4. The number of carbonyl (C=O) groups excluding carboxylic acids is 2. The Labute approximate surface area is 207 Å². The van der Waals surface area contributed by atoms with Crippen LogP contribution >= 0.6 is 0 Å². The predicted molar refractivity (Wildman–Crippen MR) is 112 cm³/mol. The fourth-order valence-corrected chi connectivity index (χ4v) is 2.84. The van der Waals surface area contributed by atoms with E-state index in [2.05, 4.69) is 19.8 Å². The van der Waals surface area contributed by atoms with Gasteiger partial charge in [0.15, 0.2) is 11.5 Å². The SMILES string of the molecule is [2H]C([2H])([2H])Oc1cc(OC(F)(F)F)ccc1Oc1cc(C(F)(F)F)c(F)cc1C(=O)Nc1ccnc(C(N)=O)c1. The van der Waals surface area contributed by atoms with Crippen LogP contribution in [0.1, 0.15) is 30.5 Å². The standard InChI is InChI=1S/C22H14F7N3O5/c1-35-18-7-11(37-22(27,28)29)2-3-16(18)36-17-9-13(21(24,25)26)14(23)8-12(17)20(34)32-10-4-5-31-15(6-10)19(30)33/h2-9H,1H3,(H2,30,33)(H,31,32,34)/i1D3. The van der Waals surface area contributed by atoms with Gasteiger partial charge in [-0.3, -0.25) is 14.6 Å². The van der Waals surface area contributed by atoms with Crippen molar-refractivity contribution in [1.82, 2.24) is 4.98 Å². The normalized spacial score (nSPS) is 13.1. The Morgan fingerprint density at radius 2 is 1.73 bits per heavy atom. The Morgan fingerprint density at radius 1 is 1.00 bits per heavy atom. The molecule has 3 rings (SSSR count). The van der Waals surface area contributed by atoms with Gasteiger partial charge in [0.1, 0.15) is 23.0 Å². The van der Waals surface area contributed by atoms with Crippen molar-refractivity contribution >= 4 is 17.5 Å². The fraction of sp³-hybridized carbons (Fsp3) is 0.136. The Bertz CT molecular complexity index is 1450. The molecule has 0 aliphatic rings. The molecule has 3 N–H and O–H groups in total. The Morgan fingerprint density at radius 3 is 2.35 bits per heavy atom. The molecule has 8 nitrogen and oxygen atoms in total. The molecule has 0 aliphatic carbocycles. The summed E-state index contributed by atoms with van der Waals surface area (Å²) in [6.45, 7) is 0. The first kappa shape index (κ1) is 22.9. The van der Waals surface area contributed by atoms with Gasteiger partial charge in [-0.15, -0.1) is 13.2 Å². The Kier molecular flexibility index (Phi) is 6.31. The lowest BCUT2D eigenvalue weighted by atomic mass is 10.1. The molecule has 37 heavy (non-hydrogen) atoms. The van der Waals surface area contributed by atoms with Crippen LogP contribution in [0.4, 0.5) is 36.4 Å². The quantitative estimate of drug-likeness (QED) is 0.397. The van der Waals surface area contributed by atoms with Crippen LogP contribution in [-0.2, 0) is 6.18 Å². The van der Waals surface area contributed by atoms with Gasteiger partial charge in [-0.25, -0.2) is 4.39 Å². The van der Waals surface area contributed by atoms with Gasteiger partial charge in [-0.1, -0.05) is 0 Å². The van der Waals surface area contributed by atoms with Gasteiger partial charge in [0.25, 0.3) is 11.8 Å². The number of methoxy groups -OCH3 is 1. The Hall–Kier alpha value is -4.56. The van der Waals surface area contributed by atoms with E-state index in [0.717, 1.165) is 18.3 Å². The number of primary amides is 1. The number of alkyl halides is 6. The highest BCUT2D eigenvalue weighted by Crippen LogP contribution is 2.40. The summed E-state index contributed by atoms with van der Waals surface area (Å²) in [6, 6.07) is 4.09. The lowest BCUT2D eigenvalue weighted by molar-refractivity contribution is -0.274. The van der Waals surface area contributed by atoms with Crippen molar-refractivity contribution in [3.63, 3.8) is 0 Å². The first-order valence-corrected chi connectivity index (χ1v) is 9.57. The summed E-state index contributed by atoms with van der Waals surface area (Å²) in [7, 11) is -3.28. The number of anilines is 1. The minimum Gasteiger partial charge on any atom is -0.493 e. The monoisotopic (exact) mass is 536 g/mol. The second kappa shape index (κ2) is 10.2. The number of pyridine rings is 1. The molecule has 0 saturated carbocycles. The third-order valence-corrected chi connectivity index (χ3v) is 4.37. The number of ether oxygens (including phenoxy) is 3. The van der Waals surface area contributed by atoms with Crippen molar-refractivity contribution in [2.45, 2.75) is 12.5 Å². The van der Waals surface area contributed by atoms with Gasteiger partial charge in [-0.2, -0.15) is 13.2 Å². The number of nitrogens with one attached hydrogen (secondary N) is 1. The van der Waals surface area contributed by atoms with Crippen LogP contribution in [0, 0.1) is 5.82 Å². The van der Waals surface area contributed by atoms with Crippen LogP contribution < -0.4 is 25.3 Å². The molecule has 2 aromatic carbocycles. The number of hydrogen-bond donors (Lipinski definition) is 2. The molecule has 3 aromatic rings. The van der Waals surface area contributed by atoms with Crippen molar-refractivity contribution in [3.05, 3.63) is 71.3 Å². The van der Waals surface area contributed by atoms with Crippen molar-refractivity contribution in [1.29, 1.82) is 0 Å². The molecule has 0 spiro atoms. The lowest BCUT2D eigenvalue weighted by Crippen LogP contribution is -2.18. The molecule has 0 aliphatic heterocycles. The van der Waals surface area contributed by atoms with E-state index in [9.17, 15) is 40.3 Å². The predicted octanol–water partition coefficient (Wildman–Crippen LogP) is 5.29. The third kappa shape index (κ3) is 6.77. The highest BCUT2D eigenvalue weighted by molar-refractivity contribution is 6.06. The number of aromatic nitrogens is 1. The van der Waals surface area contributed by atoms with Gasteiger partial charge in [0.2, 0.25) is 0 Å². The van der Waals surface area contributed by atoms with E-state index in [0.29, 0.717) is 18.2 Å². The number of amides is 2. The maximum atomic E-state index is 14.4. The second-order valence-corrected chi connectivity index (χ2v) is 6.93. The maximum Gasteiger partial charge on any atom is 0.573 e. The number of rotatable bonds is 7. The van der Waals surface area contributed by atoms with E-state index < -0.39 is 71.3 Å². The summed E-state index contributed by atoms with van der Waals surface area (Å²) in [6.07, 6.45) is -9.44. The molecule has 0 saturated heterocycles. The minimum atomic E-state index is -5.29. The third-order valence-electron chi connectivity index (χ3n) is 4.37. The molecule has 2 amide bonds. The molecule has 1 heterocycles. The number of nitrogens with zero attached hydrogens (tertiary/aromatic N) is 1. The van der Waals surface area contributed by atoms with E-state index in [1.807, 2.05) is 0 Å². The van der Waals surface area contributed by atoms with Crippen molar-refractivity contribution < 1.29 is 58.6 Å². The maximum absolute atomic E-state index is 14.4. The molecule has 0 bridgehead atoms. The van der Waals surface area contributed by atoms with Gasteiger partial charge < -0.3 is 25.3 Å². The van der Waals surface area contributed by atoms with Crippen LogP contribution in [0.2, 0.25) is 0 Å². The van der Waals surface area contributed by atoms with Gasteiger partial charge in [-0.05, 0) is 36.4 Å². The molecular formula is C22H14F7N3O5. The molecule has 1 aromatic heterocycles. The summed E-state index contributed by atoms with van der Waals surface area (Å²) in [5.41, 5.74) is 1.89. The smallest absolute Gasteiger partial charge is 0.493 e. The largest absolute Gasteiger partial charge is 0.573 e. The van der Waals surface area contributed by atoms with E-state index in [-0.39, 0.29) is 23.5 Å². The van der Waals surface area contributed by atoms with E-state index in [1.54, 1.807) is 0 Å². The van der Waals surface area contributed by atoms with E-state index >= 15 is 0 Å².